The molecule has 1 atom stereocenters. The van der Waals surface area contributed by atoms with Crippen molar-refractivity contribution in [1.29, 1.82) is 0 Å². The molecule has 0 aliphatic carbocycles. The summed E-state index contributed by atoms with van der Waals surface area (Å²) in [5, 5.41) is 0.679. The van der Waals surface area contributed by atoms with Crippen LogP contribution >= 0.6 is 11.6 Å². The van der Waals surface area contributed by atoms with Crippen LogP contribution in [-0.2, 0) is 13.0 Å². The number of halogens is 1. The second-order valence-corrected chi connectivity index (χ2v) is 6.24. The van der Waals surface area contributed by atoms with Crippen LogP contribution in [0, 0.1) is 5.92 Å². The highest BCUT2D eigenvalue weighted by Crippen LogP contribution is 2.22. The number of nitrogens with zero attached hydrogens (tertiary/aromatic N) is 4. The first-order chi connectivity index (χ1) is 10.7. The van der Waals surface area contributed by atoms with Crippen LogP contribution in [0.3, 0.4) is 0 Å². The summed E-state index contributed by atoms with van der Waals surface area (Å²) in [7, 11) is 0. The zero-order valence-electron chi connectivity index (χ0n) is 12.5. The van der Waals surface area contributed by atoms with Gasteiger partial charge in [0.2, 0.25) is 0 Å². The molecule has 22 heavy (non-hydrogen) atoms. The number of pyridine rings is 1. The largest absolute Gasteiger partial charge is 0.382 e. The van der Waals surface area contributed by atoms with E-state index in [1.807, 2.05) is 12.1 Å². The van der Waals surface area contributed by atoms with E-state index >= 15 is 0 Å². The number of likely N-dealkylation sites (tertiary alicyclic amines) is 1. The highest BCUT2D eigenvalue weighted by molar-refractivity contribution is 6.30. The molecule has 0 saturated carbocycles. The quantitative estimate of drug-likeness (QED) is 0.938. The first-order valence-electron chi connectivity index (χ1n) is 7.59. The Hall–Kier alpha value is -1.72. The summed E-state index contributed by atoms with van der Waals surface area (Å²) in [6.07, 6.45) is 8.35. The molecule has 1 fully saturated rings. The molecule has 3 rings (SSSR count). The van der Waals surface area contributed by atoms with Crippen molar-refractivity contribution in [3.05, 3.63) is 47.1 Å². The van der Waals surface area contributed by atoms with Crippen molar-refractivity contribution in [3.63, 3.8) is 0 Å². The Morgan fingerprint density at radius 3 is 2.86 bits per heavy atom. The first-order valence-corrected chi connectivity index (χ1v) is 7.96. The monoisotopic (exact) mass is 317 g/mol. The first kappa shape index (κ1) is 15.2. The van der Waals surface area contributed by atoms with Gasteiger partial charge in [0, 0.05) is 31.7 Å². The van der Waals surface area contributed by atoms with E-state index in [-0.39, 0.29) is 0 Å². The molecule has 0 unspecified atom stereocenters. The van der Waals surface area contributed by atoms with Gasteiger partial charge < -0.3 is 5.73 Å². The third-order valence-electron chi connectivity index (χ3n) is 4.07. The predicted molar refractivity (Wildman–Crippen MR) is 87.4 cm³/mol. The fourth-order valence-corrected chi connectivity index (χ4v) is 3.11. The number of hydrogen-bond acceptors (Lipinski definition) is 5. The zero-order valence-corrected chi connectivity index (χ0v) is 13.2. The average Bonchev–Trinajstić information content (AvgIpc) is 2.52. The van der Waals surface area contributed by atoms with E-state index in [0.29, 0.717) is 16.8 Å². The Morgan fingerprint density at radius 1 is 1.23 bits per heavy atom. The molecule has 2 aromatic rings. The Kier molecular flexibility index (Phi) is 4.85. The molecule has 0 bridgehead atoms. The maximum atomic E-state index is 5.90. The Balaban J connectivity index is 1.59. The summed E-state index contributed by atoms with van der Waals surface area (Å²) in [4.78, 5) is 15.3. The lowest BCUT2D eigenvalue weighted by Gasteiger charge is -2.32. The average molecular weight is 318 g/mol. The molecule has 2 N–H and O–H groups in total. The number of aromatic nitrogens is 3. The normalized spacial score (nSPS) is 19.2. The predicted octanol–water partition coefficient (Wildman–Crippen LogP) is 2.56. The van der Waals surface area contributed by atoms with E-state index < -0.39 is 0 Å². The summed E-state index contributed by atoms with van der Waals surface area (Å²) in [5.41, 5.74) is 7.88. The van der Waals surface area contributed by atoms with Gasteiger partial charge in [0.05, 0.1) is 16.4 Å². The molecule has 2 aromatic heterocycles. The minimum atomic E-state index is 0.555. The Labute approximate surface area is 135 Å². The van der Waals surface area contributed by atoms with Gasteiger partial charge in [-0.25, -0.2) is 4.98 Å². The zero-order chi connectivity index (χ0) is 15.4. The van der Waals surface area contributed by atoms with Gasteiger partial charge in [-0.1, -0.05) is 11.6 Å². The molecule has 5 nitrogen and oxygen atoms in total. The third kappa shape index (κ3) is 3.93. The molecule has 1 aliphatic heterocycles. The van der Waals surface area contributed by atoms with E-state index in [4.69, 9.17) is 17.3 Å². The molecule has 0 aromatic carbocycles. The van der Waals surface area contributed by atoms with Crippen molar-refractivity contribution in [2.24, 2.45) is 5.92 Å². The van der Waals surface area contributed by atoms with Crippen LogP contribution in [0.15, 0.2) is 30.7 Å². The number of rotatable bonds is 4. The smallest absolute Gasteiger partial charge is 0.145 e. The number of hydrogen-bond donors (Lipinski definition) is 1. The number of nitrogen functional groups attached to an aromatic ring is 1. The van der Waals surface area contributed by atoms with Crippen molar-refractivity contribution < 1.29 is 0 Å². The fourth-order valence-electron chi connectivity index (χ4n) is 3.00. The van der Waals surface area contributed by atoms with Gasteiger partial charge in [0.25, 0.3) is 0 Å². The van der Waals surface area contributed by atoms with Gasteiger partial charge >= 0.3 is 0 Å². The third-order valence-corrected chi connectivity index (χ3v) is 4.29. The van der Waals surface area contributed by atoms with Crippen LogP contribution in [0.25, 0.3) is 0 Å². The minimum Gasteiger partial charge on any atom is -0.382 e. The van der Waals surface area contributed by atoms with Crippen LogP contribution in [0.4, 0.5) is 5.82 Å². The van der Waals surface area contributed by atoms with Gasteiger partial charge in [-0.2, -0.15) is 0 Å². The standard InChI is InChI=1S/C16H20ClN5/c17-13-3-4-14(21-9-13)11-22-7-1-2-12(10-22)8-15-16(18)20-6-5-19-15/h3-6,9,12H,1-2,7-8,10-11H2,(H2,18,20)/t12-/m0/s1. The molecule has 1 aliphatic rings. The lowest BCUT2D eigenvalue weighted by atomic mass is 9.93. The van der Waals surface area contributed by atoms with Crippen molar-refractivity contribution in [2.75, 3.05) is 18.8 Å². The molecular weight excluding hydrogens is 298 g/mol. The molecule has 0 spiro atoms. The maximum absolute atomic E-state index is 5.90. The van der Waals surface area contributed by atoms with Crippen molar-refractivity contribution in [1.82, 2.24) is 19.9 Å². The van der Waals surface area contributed by atoms with Crippen molar-refractivity contribution >= 4 is 17.4 Å². The van der Waals surface area contributed by atoms with Gasteiger partial charge in [-0.05, 0) is 43.9 Å². The molecule has 3 heterocycles. The summed E-state index contributed by atoms with van der Waals surface area (Å²) in [6.45, 7) is 3.01. The molecule has 116 valence electrons. The molecular formula is C16H20ClN5. The van der Waals surface area contributed by atoms with Crippen molar-refractivity contribution in [3.8, 4) is 0 Å². The minimum absolute atomic E-state index is 0.555. The summed E-state index contributed by atoms with van der Waals surface area (Å²) in [6, 6.07) is 3.89. The number of piperidine rings is 1. The van der Waals surface area contributed by atoms with E-state index in [1.54, 1.807) is 18.6 Å². The topological polar surface area (TPSA) is 67.9 Å². The number of anilines is 1. The van der Waals surface area contributed by atoms with Crippen LogP contribution < -0.4 is 5.73 Å². The summed E-state index contributed by atoms with van der Waals surface area (Å²) in [5.74, 6) is 1.12. The fraction of sp³-hybridized carbons (Fsp3) is 0.438. The number of nitrogens with two attached hydrogens (primary N) is 1. The maximum Gasteiger partial charge on any atom is 0.145 e. The van der Waals surface area contributed by atoms with E-state index in [0.717, 1.165) is 37.4 Å². The SMILES string of the molecule is Nc1nccnc1C[C@@H]1CCCN(Cc2ccc(Cl)cn2)C1. The summed E-state index contributed by atoms with van der Waals surface area (Å²) < 4.78 is 0. The molecule has 0 radical (unpaired) electrons. The van der Waals surface area contributed by atoms with Gasteiger partial charge in [-0.3, -0.25) is 14.9 Å². The molecule has 1 saturated heterocycles. The van der Waals surface area contributed by atoms with Crippen molar-refractivity contribution in [2.45, 2.75) is 25.8 Å². The van der Waals surface area contributed by atoms with Crippen LogP contribution in [0.1, 0.15) is 24.2 Å². The molecule has 6 heteroatoms. The van der Waals surface area contributed by atoms with Gasteiger partial charge in [0.15, 0.2) is 0 Å². The van der Waals surface area contributed by atoms with Crippen LogP contribution in [0.2, 0.25) is 5.02 Å². The van der Waals surface area contributed by atoms with Crippen LogP contribution in [0.5, 0.6) is 0 Å². The summed E-state index contributed by atoms with van der Waals surface area (Å²) >= 11 is 5.88. The van der Waals surface area contributed by atoms with Gasteiger partial charge in [0.1, 0.15) is 5.82 Å². The highest BCUT2D eigenvalue weighted by Gasteiger charge is 2.21. The highest BCUT2D eigenvalue weighted by atomic mass is 35.5. The second-order valence-electron chi connectivity index (χ2n) is 5.80. The Morgan fingerprint density at radius 2 is 2.09 bits per heavy atom. The molecule has 0 amide bonds. The van der Waals surface area contributed by atoms with E-state index in [1.165, 1.54) is 12.8 Å². The van der Waals surface area contributed by atoms with Gasteiger partial charge in [-0.15, -0.1) is 0 Å². The lowest BCUT2D eigenvalue weighted by molar-refractivity contribution is 0.165. The Bertz CT molecular complexity index is 616. The second kappa shape index (κ2) is 7.03. The van der Waals surface area contributed by atoms with E-state index in [9.17, 15) is 0 Å². The van der Waals surface area contributed by atoms with Crippen LogP contribution in [-0.4, -0.2) is 32.9 Å². The lowest BCUT2D eigenvalue weighted by Crippen LogP contribution is -2.36. The van der Waals surface area contributed by atoms with E-state index in [2.05, 4.69) is 19.9 Å².